The van der Waals surface area contributed by atoms with Gasteiger partial charge in [0.05, 0.1) is 6.04 Å². The Morgan fingerprint density at radius 1 is 1.02 bits per heavy atom. The fourth-order valence-electron chi connectivity index (χ4n) is 3.89. The van der Waals surface area contributed by atoms with Crippen LogP contribution in [0.1, 0.15) is 24.8 Å². The molecule has 4 unspecified atom stereocenters. The molecule has 3 amide bonds. The molecule has 13 nitrogen and oxygen atoms in total. The van der Waals surface area contributed by atoms with Gasteiger partial charge in [-0.1, -0.05) is 18.2 Å². The number of thioether (sulfide) groups is 1. The number of carboxylic acids is 1. The number of para-hydroxylation sites is 1. The summed E-state index contributed by atoms with van der Waals surface area (Å²) >= 11 is 5.72. The number of H-pyrrole nitrogens is 1. The first-order valence-corrected chi connectivity index (χ1v) is 14.7. The predicted octanol–water partition coefficient (Wildman–Crippen LogP) is -0.687. The van der Waals surface area contributed by atoms with E-state index in [-0.39, 0.29) is 31.1 Å². The summed E-state index contributed by atoms with van der Waals surface area (Å²) in [6, 6.07) is 3.15. The second-order valence-electron chi connectivity index (χ2n) is 9.10. The zero-order valence-corrected chi connectivity index (χ0v) is 24.0. The normalized spacial score (nSPS) is 14.0. The Kier molecular flexibility index (Phi) is 13.6. The number of hydrogen-bond acceptors (Lipinski definition) is 8. The van der Waals surface area contributed by atoms with Gasteiger partial charge in [-0.3, -0.25) is 19.4 Å². The molecule has 0 aliphatic heterocycles. The van der Waals surface area contributed by atoms with Crippen molar-refractivity contribution in [3.63, 3.8) is 0 Å². The van der Waals surface area contributed by atoms with Gasteiger partial charge in [0.2, 0.25) is 17.7 Å². The van der Waals surface area contributed by atoms with Crippen LogP contribution in [-0.2, 0) is 25.6 Å². The number of nitrogens with one attached hydrogen (secondary N) is 4. The number of aromatic amines is 1. The molecule has 0 spiro atoms. The Bertz CT molecular complexity index is 1190. The maximum atomic E-state index is 13.1. The van der Waals surface area contributed by atoms with Gasteiger partial charge < -0.3 is 43.2 Å². The molecule has 4 atom stereocenters. The number of carboxylic acid groups (broad SMARTS) is 1. The standard InChI is InChI=1S/C25H38N8O5S2/c1-40-10-8-16(26)21(34)31-18(7-4-9-29-25(27)28)22(35)33-20(13-39)23(36)32-19(24(37)38)11-14-12-30-17-6-3-2-5-15(14)17/h2-3,5-6,12,16,18-20,30,39H,4,7-11,13,26H2,1H3,(H,31,34)(H,32,36)(H,33,35)(H,37,38)(H4,27,28,29). The van der Waals surface area contributed by atoms with E-state index in [0.29, 0.717) is 18.6 Å². The third-order valence-electron chi connectivity index (χ3n) is 6.08. The average molecular weight is 595 g/mol. The molecule has 0 radical (unpaired) electrons. The van der Waals surface area contributed by atoms with Crippen molar-refractivity contribution in [1.29, 1.82) is 0 Å². The minimum absolute atomic E-state index is 0.0235. The van der Waals surface area contributed by atoms with E-state index >= 15 is 0 Å². The number of nitrogens with zero attached hydrogens (tertiary/aromatic N) is 1. The lowest BCUT2D eigenvalue weighted by Crippen LogP contribution is -2.57. The van der Waals surface area contributed by atoms with Gasteiger partial charge in [-0.2, -0.15) is 24.4 Å². The number of carbonyl (C=O) groups is 4. The molecule has 15 heteroatoms. The van der Waals surface area contributed by atoms with Gasteiger partial charge in [0, 0.05) is 35.8 Å². The number of aromatic nitrogens is 1. The van der Waals surface area contributed by atoms with Crippen LogP contribution in [0.3, 0.4) is 0 Å². The number of aliphatic imine (C=N–C) groups is 1. The maximum absolute atomic E-state index is 13.1. The third-order valence-corrected chi connectivity index (χ3v) is 7.09. The zero-order valence-electron chi connectivity index (χ0n) is 22.3. The van der Waals surface area contributed by atoms with Crippen LogP contribution in [0.5, 0.6) is 0 Å². The van der Waals surface area contributed by atoms with E-state index in [9.17, 15) is 24.3 Å². The molecule has 1 heterocycles. The minimum Gasteiger partial charge on any atom is -0.480 e. The molecule has 0 aliphatic rings. The Morgan fingerprint density at radius 2 is 1.68 bits per heavy atom. The largest absolute Gasteiger partial charge is 0.480 e. The fraction of sp³-hybridized carbons (Fsp3) is 0.480. The second-order valence-corrected chi connectivity index (χ2v) is 10.5. The van der Waals surface area contributed by atoms with Crippen molar-refractivity contribution in [1.82, 2.24) is 20.9 Å². The molecular weight excluding hydrogens is 556 g/mol. The van der Waals surface area contributed by atoms with E-state index in [1.165, 1.54) is 0 Å². The van der Waals surface area contributed by atoms with Gasteiger partial charge in [-0.05, 0) is 42.9 Å². The van der Waals surface area contributed by atoms with Crippen molar-refractivity contribution < 1.29 is 24.3 Å². The lowest BCUT2D eigenvalue weighted by Gasteiger charge is -2.24. The highest BCUT2D eigenvalue weighted by molar-refractivity contribution is 7.98. The lowest BCUT2D eigenvalue weighted by atomic mass is 10.0. The summed E-state index contributed by atoms with van der Waals surface area (Å²) in [5.74, 6) is -2.65. The summed E-state index contributed by atoms with van der Waals surface area (Å²) in [5, 5.41) is 18.3. The lowest BCUT2D eigenvalue weighted by molar-refractivity contribution is -0.142. The summed E-state index contributed by atoms with van der Waals surface area (Å²) in [6.07, 6.45) is 4.56. The number of fused-ring (bicyclic) bond motifs is 1. The van der Waals surface area contributed by atoms with Gasteiger partial charge in [-0.15, -0.1) is 0 Å². The van der Waals surface area contributed by atoms with E-state index in [4.69, 9.17) is 17.2 Å². The van der Waals surface area contributed by atoms with Crippen LogP contribution in [0.25, 0.3) is 10.9 Å². The van der Waals surface area contributed by atoms with Crippen LogP contribution in [0.2, 0.25) is 0 Å². The maximum Gasteiger partial charge on any atom is 0.326 e. The quantitative estimate of drug-likeness (QED) is 0.0488. The monoisotopic (exact) mass is 594 g/mol. The first-order chi connectivity index (χ1) is 19.1. The number of benzene rings is 1. The molecule has 2 aromatic rings. The highest BCUT2D eigenvalue weighted by Crippen LogP contribution is 2.19. The number of rotatable bonds is 17. The molecular formula is C25H38N8O5S2. The molecule has 0 saturated heterocycles. The number of amides is 3. The van der Waals surface area contributed by atoms with E-state index in [0.717, 1.165) is 16.5 Å². The molecule has 0 saturated carbocycles. The van der Waals surface area contributed by atoms with Gasteiger partial charge in [0.1, 0.15) is 18.1 Å². The van der Waals surface area contributed by atoms with Crippen LogP contribution in [0, 0.1) is 0 Å². The second kappa shape index (κ2) is 16.6. The Balaban J connectivity index is 2.09. The number of aliphatic carboxylic acids is 1. The van der Waals surface area contributed by atoms with Gasteiger partial charge in [-0.25, -0.2) is 4.79 Å². The van der Waals surface area contributed by atoms with Crippen LogP contribution < -0.4 is 33.2 Å². The van der Waals surface area contributed by atoms with E-state index in [2.05, 4.69) is 38.6 Å². The van der Waals surface area contributed by atoms with Gasteiger partial charge >= 0.3 is 5.97 Å². The van der Waals surface area contributed by atoms with Crippen molar-refractivity contribution >= 4 is 64.9 Å². The molecule has 2 rings (SSSR count). The van der Waals surface area contributed by atoms with Gasteiger partial charge in [0.15, 0.2) is 5.96 Å². The van der Waals surface area contributed by atoms with E-state index in [1.54, 1.807) is 18.0 Å². The van der Waals surface area contributed by atoms with E-state index < -0.39 is 47.9 Å². The first-order valence-electron chi connectivity index (χ1n) is 12.7. The van der Waals surface area contributed by atoms with Crippen LogP contribution >= 0.6 is 24.4 Å². The Labute approximate surface area is 242 Å². The smallest absolute Gasteiger partial charge is 0.326 e. The molecule has 1 aromatic heterocycles. The van der Waals surface area contributed by atoms with Crippen molar-refractivity contribution in [2.45, 2.75) is 49.9 Å². The highest BCUT2D eigenvalue weighted by Gasteiger charge is 2.30. The molecule has 0 fully saturated rings. The summed E-state index contributed by atoms with van der Waals surface area (Å²) in [5.41, 5.74) is 18.2. The Morgan fingerprint density at radius 3 is 2.33 bits per heavy atom. The molecule has 1 aromatic carbocycles. The third kappa shape index (κ3) is 10.3. The number of hydrogen-bond donors (Lipinski definition) is 9. The summed E-state index contributed by atoms with van der Waals surface area (Å²) in [4.78, 5) is 57.7. The number of nitrogens with two attached hydrogens (primary N) is 3. The van der Waals surface area contributed by atoms with E-state index in [1.807, 2.05) is 30.5 Å². The summed E-state index contributed by atoms with van der Waals surface area (Å²) in [6.45, 7) is 0.227. The minimum atomic E-state index is -1.25. The zero-order chi connectivity index (χ0) is 29.7. The molecule has 0 bridgehead atoms. The molecule has 220 valence electrons. The molecule has 40 heavy (non-hydrogen) atoms. The SMILES string of the molecule is CSCCC(N)C(=O)NC(CCCN=C(N)N)C(=O)NC(CS)C(=O)NC(Cc1c[nH]c2ccccc12)C(=O)O. The number of guanidine groups is 1. The Hall–Kier alpha value is -3.43. The van der Waals surface area contributed by atoms with Gasteiger partial charge in [0.25, 0.3) is 0 Å². The highest BCUT2D eigenvalue weighted by atomic mass is 32.2. The van der Waals surface area contributed by atoms with Crippen LogP contribution in [-0.4, -0.2) is 88.2 Å². The van der Waals surface area contributed by atoms with Crippen molar-refractivity contribution in [2.24, 2.45) is 22.2 Å². The number of carbonyl (C=O) groups excluding carboxylic acids is 3. The fourth-order valence-corrected chi connectivity index (χ4v) is 4.63. The van der Waals surface area contributed by atoms with Crippen molar-refractivity contribution in [3.8, 4) is 0 Å². The first kappa shape index (κ1) is 32.8. The van der Waals surface area contributed by atoms with Crippen LogP contribution in [0.15, 0.2) is 35.5 Å². The summed E-state index contributed by atoms with van der Waals surface area (Å²) in [7, 11) is 0. The molecule has 0 aliphatic carbocycles. The summed E-state index contributed by atoms with van der Waals surface area (Å²) < 4.78 is 0. The molecule has 11 N–H and O–H groups in total. The van der Waals surface area contributed by atoms with Crippen LogP contribution in [0.4, 0.5) is 0 Å². The predicted molar refractivity (Wildman–Crippen MR) is 160 cm³/mol. The van der Waals surface area contributed by atoms with Crippen molar-refractivity contribution in [2.75, 3.05) is 24.3 Å². The number of thiol groups is 1. The van der Waals surface area contributed by atoms with Crippen molar-refractivity contribution in [3.05, 3.63) is 36.0 Å². The topological polar surface area (TPSA) is 231 Å². The average Bonchev–Trinajstić information content (AvgIpc) is 3.33.